The fraction of sp³-hybridized carbons (Fsp3) is 0.268. The zero-order chi connectivity index (χ0) is 60.6. The van der Waals surface area contributed by atoms with Crippen LogP contribution in [0.3, 0.4) is 0 Å². The zero-order valence-corrected chi connectivity index (χ0v) is 53.6. The average Bonchev–Trinajstić information content (AvgIpc) is 1.56. The topological polar surface area (TPSA) is 24.6 Å². The number of hydrogen-bond acceptors (Lipinski definition) is 3. The summed E-state index contributed by atoms with van der Waals surface area (Å²) in [6, 6.07) is 70.8. The van der Waals surface area contributed by atoms with Crippen molar-refractivity contribution in [2.24, 2.45) is 0 Å². The molecule has 2 aromatic heterocycles. The van der Waals surface area contributed by atoms with Gasteiger partial charge >= 0.3 is 6.85 Å². The van der Waals surface area contributed by atoms with Gasteiger partial charge in [0.15, 0.2) is 0 Å². The second-order valence-electron chi connectivity index (χ2n) is 31.0. The Kier molecular flexibility index (Phi) is 10.9. The Morgan fingerprint density at radius 1 is 0.414 bits per heavy atom. The lowest BCUT2D eigenvalue weighted by Crippen LogP contribution is -2.61. The molecule has 4 heterocycles. The first kappa shape index (κ1) is 53.9. The summed E-state index contributed by atoms with van der Waals surface area (Å²) in [5.41, 5.74) is 32.0. The summed E-state index contributed by atoms with van der Waals surface area (Å²) < 4.78 is 10.1. The summed E-state index contributed by atoms with van der Waals surface area (Å²) in [7, 11) is 0. The fourth-order valence-electron chi connectivity index (χ4n) is 16.0. The molecule has 87 heavy (non-hydrogen) atoms. The molecule has 0 saturated heterocycles. The summed E-state index contributed by atoms with van der Waals surface area (Å²) in [4.78, 5) is 5.13. The Balaban J connectivity index is 1.03. The van der Waals surface area contributed by atoms with Gasteiger partial charge in [0, 0.05) is 78.1 Å². The molecule has 0 bridgehead atoms. The maximum atomic E-state index is 7.40. The maximum absolute atomic E-state index is 7.40. The van der Waals surface area contributed by atoms with E-state index in [0.717, 1.165) is 39.0 Å². The van der Waals surface area contributed by atoms with Gasteiger partial charge in [0.1, 0.15) is 11.2 Å². The number of benzene rings is 10. The highest BCUT2D eigenvalue weighted by Gasteiger charge is 2.51. The fourth-order valence-corrected chi connectivity index (χ4v) is 16.0. The molecule has 0 unspecified atom stereocenters. The minimum atomic E-state index is -0.319. The van der Waals surface area contributed by atoms with E-state index in [4.69, 9.17) is 4.42 Å². The Morgan fingerprint density at radius 2 is 0.954 bits per heavy atom. The number of rotatable bonds is 4. The molecule has 16 rings (SSSR count). The van der Waals surface area contributed by atoms with Crippen molar-refractivity contribution in [1.82, 2.24) is 4.57 Å². The molecule has 0 atom stereocenters. The van der Waals surface area contributed by atoms with Gasteiger partial charge < -0.3 is 18.7 Å². The monoisotopic (exact) mass is 1130 g/mol. The van der Waals surface area contributed by atoms with Gasteiger partial charge in [-0.1, -0.05) is 208 Å². The second kappa shape index (κ2) is 17.6. The van der Waals surface area contributed by atoms with E-state index in [0.29, 0.717) is 0 Å². The van der Waals surface area contributed by atoms with Crippen LogP contribution in [0.5, 0.6) is 0 Å². The van der Waals surface area contributed by atoms with Crippen LogP contribution in [-0.2, 0) is 32.5 Å². The number of furan rings is 1. The number of aromatic nitrogens is 1. The molecule has 5 heteroatoms. The van der Waals surface area contributed by atoms with Crippen LogP contribution >= 0.6 is 0 Å². The maximum Gasteiger partial charge on any atom is 0.333 e. The molecule has 430 valence electrons. The van der Waals surface area contributed by atoms with Gasteiger partial charge in [-0.15, -0.1) is 0 Å². The lowest BCUT2D eigenvalue weighted by atomic mass is 9.43. The van der Waals surface area contributed by atoms with Gasteiger partial charge in [-0.2, -0.15) is 0 Å². The highest BCUT2D eigenvalue weighted by atomic mass is 16.3. The van der Waals surface area contributed by atoms with Gasteiger partial charge in [0.2, 0.25) is 0 Å². The van der Waals surface area contributed by atoms with Crippen molar-refractivity contribution in [2.45, 2.75) is 143 Å². The van der Waals surface area contributed by atoms with Gasteiger partial charge in [0.25, 0.3) is 0 Å². The lowest BCUT2D eigenvalue weighted by Gasteiger charge is -2.43. The van der Waals surface area contributed by atoms with Crippen LogP contribution in [0.25, 0.3) is 82.8 Å². The minimum Gasteiger partial charge on any atom is -0.456 e. The summed E-state index contributed by atoms with van der Waals surface area (Å²) >= 11 is 0. The normalized spacial score (nSPS) is 15.3. The van der Waals surface area contributed by atoms with Crippen molar-refractivity contribution in [1.29, 1.82) is 0 Å². The summed E-state index contributed by atoms with van der Waals surface area (Å²) in [6.07, 6.45) is 0. The van der Waals surface area contributed by atoms with Gasteiger partial charge in [-0.3, -0.25) is 0 Å². The molecule has 0 fully saturated rings. The van der Waals surface area contributed by atoms with Gasteiger partial charge in [-0.05, 0) is 184 Å². The van der Waals surface area contributed by atoms with Crippen LogP contribution in [0.4, 0.5) is 28.4 Å². The molecule has 4 aliphatic rings. The van der Waals surface area contributed by atoms with Crippen LogP contribution in [0.1, 0.15) is 155 Å². The van der Waals surface area contributed by atoms with Crippen molar-refractivity contribution >= 4 is 90.0 Å². The Hall–Kier alpha value is -8.54. The van der Waals surface area contributed by atoms with Crippen molar-refractivity contribution in [3.63, 3.8) is 0 Å². The number of nitrogens with zero attached hydrogens (tertiary/aromatic N) is 3. The van der Waals surface area contributed by atoms with E-state index >= 15 is 0 Å². The van der Waals surface area contributed by atoms with Crippen LogP contribution in [-0.4, -0.2) is 11.4 Å². The number of hydrogen-bond donors (Lipinski definition) is 0. The van der Waals surface area contributed by atoms with E-state index in [1.165, 1.54) is 128 Å². The van der Waals surface area contributed by atoms with Crippen LogP contribution in [0, 0.1) is 0 Å². The van der Waals surface area contributed by atoms with E-state index in [1.807, 2.05) is 0 Å². The van der Waals surface area contributed by atoms with Gasteiger partial charge in [-0.25, -0.2) is 0 Å². The molecule has 0 spiro atoms. The molecule has 0 radical (unpaired) electrons. The molecular weight excluding hydrogens is 1050 g/mol. The van der Waals surface area contributed by atoms with E-state index in [1.54, 1.807) is 0 Å². The average molecular weight is 1130 g/mol. The van der Waals surface area contributed by atoms with E-state index < -0.39 is 0 Å². The minimum absolute atomic E-state index is 0.0225. The zero-order valence-electron chi connectivity index (χ0n) is 53.6. The highest BCUT2D eigenvalue weighted by Crippen LogP contribution is 2.60. The SMILES string of the molecule is CC(C)(C)c1ccc(N2B3c4cc5c(cc4-n4c6ccc(C(C)(C)C)cc6c6c7c(c(c3c64)-c3cc4oc6cc(N(c8ccc(C(C)(C)C)cc8)c8ccc(C(C)(C)C)cc8)ccc6c4cc32)-c2ccccc2C7(C)C)-c2ccccc2C5(C)C)cc1. The largest absolute Gasteiger partial charge is 0.456 e. The molecule has 10 aromatic carbocycles. The predicted molar refractivity (Wildman–Crippen MR) is 372 cm³/mol. The van der Waals surface area contributed by atoms with E-state index in [9.17, 15) is 0 Å². The molecule has 12 aromatic rings. The third-order valence-electron chi connectivity index (χ3n) is 20.8. The van der Waals surface area contributed by atoms with Crippen molar-refractivity contribution in [2.75, 3.05) is 9.71 Å². The molecule has 0 N–H and O–H groups in total. The predicted octanol–water partition coefficient (Wildman–Crippen LogP) is 21.2. The second-order valence-corrected chi connectivity index (χ2v) is 31.0. The molecule has 2 aliphatic heterocycles. The molecule has 0 amide bonds. The Labute approximate surface area is 514 Å². The molecule has 2 aliphatic carbocycles. The first-order chi connectivity index (χ1) is 41.2. The third kappa shape index (κ3) is 7.57. The van der Waals surface area contributed by atoms with Crippen molar-refractivity contribution < 1.29 is 4.42 Å². The summed E-state index contributed by atoms with van der Waals surface area (Å²) in [5, 5.41) is 4.90. The van der Waals surface area contributed by atoms with Crippen LogP contribution in [0.15, 0.2) is 186 Å². The molecular formula is C82H78BN3O. The van der Waals surface area contributed by atoms with Crippen LogP contribution in [0.2, 0.25) is 0 Å². The first-order valence-electron chi connectivity index (χ1n) is 31.7. The summed E-state index contributed by atoms with van der Waals surface area (Å²) in [5.74, 6) is 0. The van der Waals surface area contributed by atoms with E-state index in [2.05, 4.69) is 307 Å². The van der Waals surface area contributed by atoms with Crippen molar-refractivity contribution in [3.8, 4) is 39.1 Å². The Bertz CT molecular complexity index is 4880. The van der Waals surface area contributed by atoms with E-state index in [-0.39, 0.29) is 39.3 Å². The lowest BCUT2D eigenvalue weighted by molar-refractivity contribution is 0.590. The quantitative estimate of drug-likeness (QED) is 0.164. The Morgan fingerprint density at radius 3 is 1.56 bits per heavy atom. The first-order valence-corrected chi connectivity index (χ1v) is 31.7. The summed E-state index contributed by atoms with van der Waals surface area (Å²) in [6.45, 7) is 37.4. The smallest absolute Gasteiger partial charge is 0.333 e. The van der Waals surface area contributed by atoms with Gasteiger partial charge in [0.05, 0.1) is 11.0 Å². The highest BCUT2D eigenvalue weighted by molar-refractivity contribution is 6.94. The van der Waals surface area contributed by atoms with Crippen molar-refractivity contribution in [3.05, 3.63) is 226 Å². The van der Waals surface area contributed by atoms with Crippen LogP contribution < -0.4 is 20.6 Å². The molecule has 4 nitrogen and oxygen atoms in total. The number of fused-ring (bicyclic) bond motifs is 19. The number of anilines is 5. The standard InChI is InChI=1S/C82H78BN3O/c1-77(2,3)47-25-32-51(33-26-47)84(52-34-27-48(28-35-52)78(4,5)6)54-38-39-56-59-44-67-61(45-70(59)87-69(56)42-54)72-71-57-22-18-20-24-63(57)82(15,16)74(71)73-60-41-50(80(10,11)12)31-40-66(60)85-68-43-58-55-21-17-19-23-62(55)81(13,14)64(58)46-65(68)83(75(72)76(73)85)86(67)53-36-29-49(30-37-53)79(7,8)9/h17-46H,1-16H3. The third-order valence-corrected chi connectivity index (χ3v) is 20.8. The molecule has 0 saturated carbocycles.